The van der Waals surface area contributed by atoms with Gasteiger partial charge in [-0.05, 0) is 24.8 Å². The summed E-state index contributed by atoms with van der Waals surface area (Å²) in [4.78, 5) is 5.12. The van der Waals surface area contributed by atoms with Crippen LogP contribution in [0.2, 0.25) is 0 Å². The lowest BCUT2D eigenvalue weighted by Gasteiger charge is -2.33. The molecule has 0 radical (unpaired) electrons. The molecule has 1 aliphatic rings. The maximum absolute atomic E-state index is 2.56. The van der Waals surface area contributed by atoms with E-state index in [-0.39, 0.29) is 0 Å². The Morgan fingerprint density at radius 1 is 0.545 bits per heavy atom. The second-order valence-electron chi connectivity index (χ2n) is 10.3. The van der Waals surface area contributed by atoms with Crippen LogP contribution in [0.25, 0.3) is 0 Å². The Balaban J connectivity index is 1.46. The molecule has 0 amide bonds. The SMILES string of the molecule is CCCCCCCCCCCCCCCCCCC1N(CCC)C=CN1Cc1ccccc1. The summed E-state index contributed by atoms with van der Waals surface area (Å²) in [5.74, 6) is 0. The molecule has 1 aliphatic heterocycles. The maximum atomic E-state index is 2.56. The van der Waals surface area contributed by atoms with Crippen molar-refractivity contribution < 1.29 is 0 Å². The van der Waals surface area contributed by atoms with Gasteiger partial charge >= 0.3 is 0 Å². The Morgan fingerprint density at radius 3 is 1.55 bits per heavy atom. The minimum Gasteiger partial charge on any atom is -0.356 e. The minimum absolute atomic E-state index is 0.553. The molecule has 0 bridgehead atoms. The van der Waals surface area contributed by atoms with E-state index in [1.54, 1.807) is 0 Å². The molecule has 0 aromatic heterocycles. The topological polar surface area (TPSA) is 6.48 Å². The monoisotopic (exact) mass is 454 g/mol. The molecule has 1 aromatic rings. The van der Waals surface area contributed by atoms with Gasteiger partial charge in [-0.1, -0.05) is 140 Å². The van der Waals surface area contributed by atoms with Crippen molar-refractivity contribution in [1.82, 2.24) is 9.80 Å². The predicted molar refractivity (Wildman–Crippen MR) is 146 cm³/mol. The second-order valence-corrected chi connectivity index (χ2v) is 10.3. The molecule has 1 aromatic carbocycles. The standard InChI is InChI=1S/C31H54N2/c1-3-5-6-7-8-9-10-11-12-13-14-15-16-17-18-22-25-31-32(26-4-2)27-28-33(31)29-30-23-20-19-21-24-30/h19-21,23-24,27-28,31H,3-18,22,25-26,29H2,1-2H3. The predicted octanol–water partition coefficient (Wildman–Crippen LogP) is 9.66. The first-order valence-electron chi connectivity index (χ1n) is 14.6. The Morgan fingerprint density at radius 2 is 1.03 bits per heavy atom. The van der Waals surface area contributed by atoms with E-state index in [9.17, 15) is 0 Å². The summed E-state index contributed by atoms with van der Waals surface area (Å²) >= 11 is 0. The van der Waals surface area contributed by atoms with Crippen molar-refractivity contribution in [1.29, 1.82) is 0 Å². The molecule has 0 aliphatic carbocycles. The molecule has 1 atom stereocenters. The summed E-state index contributed by atoms with van der Waals surface area (Å²) in [5, 5.41) is 0. The Hall–Kier alpha value is -1.44. The molecule has 33 heavy (non-hydrogen) atoms. The number of hydrogen-bond donors (Lipinski definition) is 0. The number of benzene rings is 1. The van der Waals surface area contributed by atoms with E-state index >= 15 is 0 Å². The van der Waals surface area contributed by atoms with Crippen LogP contribution in [0, 0.1) is 0 Å². The molecule has 0 saturated heterocycles. The highest BCUT2D eigenvalue weighted by Crippen LogP contribution is 2.24. The number of hydrogen-bond acceptors (Lipinski definition) is 2. The van der Waals surface area contributed by atoms with Crippen LogP contribution in [0.5, 0.6) is 0 Å². The van der Waals surface area contributed by atoms with Gasteiger partial charge in [-0.15, -0.1) is 0 Å². The summed E-state index contributed by atoms with van der Waals surface area (Å²) in [6, 6.07) is 10.9. The molecule has 2 rings (SSSR count). The van der Waals surface area contributed by atoms with Crippen LogP contribution in [-0.4, -0.2) is 22.5 Å². The second kappa shape index (κ2) is 18.9. The average molecular weight is 455 g/mol. The van der Waals surface area contributed by atoms with Gasteiger partial charge in [-0.3, -0.25) is 0 Å². The van der Waals surface area contributed by atoms with Gasteiger partial charge in [0.25, 0.3) is 0 Å². The van der Waals surface area contributed by atoms with Gasteiger partial charge in [0.1, 0.15) is 6.17 Å². The normalized spacial score (nSPS) is 15.6. The Labute approximate surface area is 206 Å². The fourth-order valence-corrected chi connectivity index (χ4v) is 5.20. The van der Waals surface area contributed by atoms with E-state index in [4.69, 9.17) is 0 Å². The third-order valence-electron chi connectivity index (χ3n) is 7.22. The molecule has 0 saturated carbocycles. The number of nitrogens with zero attached hydrogens (tertiary/aromatic N) is 2. The van der Waals surface area contributed by atoms with E-state index in [0.29, 0.717) is 6.17 Å². The summed E-state index contributed by atoms with van der Waals surface area (Å²) in [6.45, 7) is 6.79. The molecule has 0 fully saturated rings. The molecule has 1 heterocycles. The first-order chi connectivity index (χ1) is 16.3. The van der Waals surface area contributed by atoms with Gasteiger partial charge in [-0.25, -0.2) is 0 Å². The fraction of sp³-hybridized carbons (Fsp3) is 0.742. The van der Waals surface area contributed by atoms with E-state index in [1.165, 1.54) is 128 Å². The van der Waals surface area contributed by atoms with Gasteiger partial charge < -0.3 is 9.80 Å². The molecule has 0 N–H and O–H groups in total. The largest absolute Gasteiger partial charge is 0.356 e. The summed E-state index contributed by atoms with van der Waals surface area (Å²) < 4.78 is 0. The Bertz CT molecular complexity index is 582. The van der Waals surface area contributed by atoms with Crippen LogP contribution in [-0.2, 0) is 6.54 Å². The van der Waals surface area contributed by atoms with Crippen molar-refractivity contribution in [2.75, 3.05) is 6.54 Å². The van der Waals surface area contributed by atoms with Crippen LogP contribution in [0.3, 0.4) is 0 Å². The number of unbranched alkanes of at least 4 members (excludes halogenated alkanes) is 15. The highest BCUT2D eigenvalue weighted by atomic mass is 15.4. The van der Waals surface area contributed by atoms with Crippen molar-refractivity contribution in [3.63, 3.8) is 0 Å². The van der Waals surface area contributed by atoms with Crippen molar-refractivity contribution in [2.45, 2.75) is 142 Å². The molecule has 2 heteroatoms. The van der Waals surface area contributed by atoms with Crippen molar-refractivity contribution in [3.8, 4) is 0 Å². The lowest BCUT2D eigenvalue weighted by molar-refractivity contribution is 0.134. The first kappa shape index (κ1) is 27.8. The highest BCUT2D eigenvalue weighted by molar-refractivity contribution is 5.15. The molecule has 0 spiro atoms. The lowest BCUT2D eigenvalue weighted by Crippen LogP contribution is -2.38. The Kier molecular flexibility index (Phi) is 15.9. The number of rotatable bonds is 21. The van der Waals surface area contributed by atoms with Crippen LogP contribution in [0.1, 0.15) is 135 Å². The summed E-state index contributed by atoms with van der Waals surface area (Å²) in [5.41, 5.74) is 1.41. The van der Waals surface area contributed by atoms with Crippen LogP contribution >= 0.6 is 0 Å². The lowest BCUT2D eigenvalue weighted by atomic mass is 10.0. The molecule has 188 valence electrons. The van der Waals surface area contributed by atoms with E-state index in [1.807, 2.05) is 0 Å². The van der Waals surface area contributed by atoms with Gasteiger partial charge in [0.05, 0.1) is 0 Å². The molecular formula is C31H54N2. The van der Waals surface area contributed by atoms with E-state index in [2.05, 4.69) is 66.4 Å². The van der Waals surface area contributed by atoms with Crippen LogP contribution in [0.15, 0.2) is 42.7 Å². The summed E-state index contributed by atoms with van der Waals surface area (Å²) in [7, 11) is 0. The first-order valence-corrected chi connectivity index (χ1v) is 14.6. The van der Waals surface area contributed by atoms with Gasteiger partial charge in [0, 0.05) is 25.5 Å². The van der Waals surface area contributed by atoms with E-state index in [0.717, 1.165) is 6.54 Å². The third kappa shape index (κ3) is 12.6. The van der Waals surface area contributed by atoms with Crippen molar-refractivity contribution >= 4 is 0 Å². The van der Waals surface area contributed by atoms with Crippen LogP contribution < -0.4 is 0 Å². The zero-order chi connectivity index (χ0) is 23.4. The van der Waals surface area contributed by atoms with Crippen LogP contribution in [0.4, 0.5) is 0 Å². The maximum Gasteiger partial charge on any atom is 0.101 e. The zero-order valence-corrected chi connectivity index (χ0v) is 22.2. The van der Waals surface area contributed by atoms with E-state index < -0.39 is 0 Å². The fourth-order valence-electron chi connectivity index (χ4n) is 5.20. The molecular weight excluding hydrogens is 400 g/mol. The van der Waals surface area contributed by atoms with Crippen molar-refractivity contribution in [3.05, 3.63) is 48.3 Å². The van der Waals surface area contributed by atoms with Gasteiger partial charge in [-0.2, -0.15) is 0 Å². The zero-order valence-electron chi connectivity index (χ0n) is 22.2. The third-order valence-corrected chi connectivity index (χ3v) is 7.22. The van der Waals surface area contributed by atoms with Crippen molar-refractivity contribution in [2.24, 2.45) is 0 Å². The molecule has 1 unspecified atom stereocenters. The average Bonchev–Trinajstić information content (AvgIpc) is 3.20. The highest BCUT2D eigenvalue weighted by Gasteiger charge is 2.25. The summed E-state index contributed by atoms with van der Waals surface area (Å²) in [6.07, 6.45) is 30.7. The quantitative estimate of drug-likeness (QED) is 0.171. The van der Waals surface area contributed by atoms with Gasteiger partial charge in [0.2, 0.25) is 0 Å². The molecule has 2 nitrogen and oxygen atoms in total. The minimum atomic E-state index is 0.553. The smallest absolute Gasteiger partial charge is 0.101 e. The van der Waals surface area contributed by atoms with Gasteiger partial charge in [0.15, 0.2) is 0 Å².